The largest absolute Gasteiger partial charge is 0.481 e. The maximum Gasteiger partial charge on any atom is 0.451 e. The minimum absolute atomic E-state index is 0.0246. The number of fused-ring (bicyclic) bond motifs is 1. The van der Waals surface area contributed by atoms with E-state index in [9.17, 15) is 22.4 Å². The van der Waals surface area contributed by atoms with Gasteiger partial charge >= 0.3 is 6.18 Å². The Hall–Kier alpha value is -3.77. The van der Waals surface area contributed by atoms with Crippen molar-refractivity contribution in [1.29, 1.82) is 0 Å². The fourth-order valence-electron chi connectivity index (χ4n) is 4.73. The molecule has 39 heavy (non-hydrogen) atoms. The molecule has 0 spiro atoms. The van der Waals surface area contributed by atoms with Crippen LogP contribution in [0.1, 0.15) is 55.3 Å². The first kappa shape index (κ1) is 28.2. The Morgan fingerprint density at radius 2 is 2.03 bits per heavy atom. The highest BCUT2D eigenvalue weighted by atomic mass is 19.4. The third-order valence-corrected chi connectivity index (χ3v) is 7.20. The van der Waals surface area contributed by atoms with Gasteiger partial charge < -0.3 is 15.0 Å². The molecule has 9 nitrogen and oxygen atoms in total. The number of aryl methyl sites for hydroxylation is 3. The lowest BCUT2D eigenvalue weighted by molar-refractivity contribution is -0.147. The number of rotatable bonds is 7. The van der Waals surface area contributed by atoms with E-state index in [2.05, 4.69) is 25.4 Å². The van der Waals surface area contributed by atoms with Crippen molar-refractivity contribution in [1.82, 2.24) is 29.6 Å². The van der Waals surface area contributed by atoms with Crippen LogP contribution >= 0.6 is 0 Å². The lowest BCUT2D eigenvalue weighted by Gasteiger charge is -2.38. The van der Waals surface area contributed by atoms with E-state index in [1.165, 1.54) is 20.2 Å². The number of amides is 1. The molecule has 3 aromatic rings. The van der Waals surface area contributed by atoms with Gasteiger partial charge in [0.15, 0.2) is 5.82 Å². The summed E-state index contributed by atoms with van der Waals surface area (Å²) >= 11 is 0. The number of likely N-dealkylation sites (N-methyl/N-ethyl adjacent to an activating group) is 1. The second-order valence-electron chi connectivity index (χ2n) is 10.2. The normalized spacial score (nSPS) is 17.8. The van der Waals surface area contributed by atoms with Gasteiger partial charge in [-0.2, -0.15) is 18.3 Å². The van der Waals surface area contributed by atoms with Crippen molar-refractivity contribution in [2.75, 3.05) is 26.0 Å². The minimum Gasteiger partial charge on any atom is -0.481 e. The topological polar surface area (TPSA) is 98.1 Å². The summed E-state index contributed by atoms with van der Waals surface area (Å²) in [4.78, 5) is 26.8. The Balaban J connectivity index is 1.45. The second-order valence-corrected chi connectivity index (χ2v) is 10.2. The van der Waals surface area contributed by atoms with E-state index < -0.39 is 23.7 Å². The van der Waals surface area contributed by atoms with Gasteiger partial charge in [-0.1, -0.05) is 0 Å². The van der Waals surface area contributed by atoms with Crippen LogP contribution in [0, 0.1) is 12.7 Å². The van der Waals surface area contributed by atoms with Gasteiger partial charge in [-0.05, 0) is 51.7 Å². The highest BCUT2D eigenvalue weighted by Gasteiger charge is 2.38. The third kappa shape index (κ3) is 5.81. The SMILES string of the molecule is COc1cc([C@@H](C)C(=O)N(C)CC[C@@]2(C)CCc3cc(-c4nc(C(F)(F)F)n(C)n4)c(C)nc3N2)c(F)cn1. The summed E-state index contributed by atoms with van der Waals surface area (Å²) < 4.78 is 59.7. The standard InChI is InChI=1S/C26H31F4N7O2/c1-14(17-12-20(39-6)31-13-19(17)27)23(38)36(4)10-9-25(3)8-7-16-11-18(15(2)32-21(16)34-25)22-33-24(26(28,29)30)37(5)35-22/h11-14H,7-10H2,1-6H3,(H,32,34)/t14-,25-/m1/s1. The molecule has 0 unspecified atom stereocenters. The molecule has 1 N–H and O–H groups in total. The molecule has 0 saturated heterocycles. The molecule has 2 atom stereocenters. The number of nitrogens with one attached hydrogen (secondary N) is 1. The molecular weight excluding hydrogens is 518 g/mol. The zero-order valence-electron chi connectivity index (χ0n) is 22.6. The van der Waals surface area contributed by atoms with Crippen LogP contribution in [0.5, 0.6) is 5.88 Å². The third-order valence-electron chi connectivity index (χ3n) is 7.20. The number of anilines is 1. The summed E-state index contributed by atoms with van der Waals surface area (Å²) in [6.45, 7) is 5.80. The molecule has 4 rings (SSSR count). The molecule has 1 aliphatic heterocycles. The van der Waals surface area contributed by atoms with Gasteiger partial charge in [0.1, 0.15) is 11.6 Å². The second kappa shape index (κ2) is 10.4. The van der Waals surface area contributed by atoms with Crippen LogP contribution in [0.3, 0.4) is 0 Å². The summed E-state index contributed by atoms with van der Waals surface area (Å²) in [5.74, 6) is -1.74. The fraction of sp³-hybridized carbons (Fsp3) is 0.500. The Kier molecular flexibility index (Phi) is 7.55. The molecule has 0 bridgehead atoms. The molecule has 1 amide bonds. The lowest BCUT2D eigenvalue weighted by Crippen LogP contribution is -2.43. The van der Waals surface area contributed by atoms with Crippen LogP contribution in [-0.4, -0.2) is 61.8 Å². The minimum atomic E-state index is -4.61. The number of aromatic nitrogens is 5. The van der Waals surface area contributed by atoms with Gasteiger partial charge in [0.2, 0.25) is 17.6 Å². The van der Waals surface area contributed by atoms with E-state index in [0.717, 1.165) is 16.4 Å². The molecule has 13 heteroatoms. The molecule has 0 fully saturated rings. The zero-order valence-corrected chi connectivity index (χ0v) is 22.6. The van der Waals surface area contributed by atoms with Crippen LogP contribution in [-0.2, 0) is 24.4 Å². The number of hydrogen-bond donors (Lipinski definition) is 1. The Labute approximate surface area is 223 Å². The number of nitrogens with zero attached hydrogens (tertiary/aromatic N) is 6. The van der Waals surface area contributed by atoms with Crippen molar-refractivity contribution in [2.45, 2.75) is 57.7 Å². The van der Waals surface area contributed by atoms with Crippen molar-refractivity contribution in [3.8, 4) is 17.3 Å². The average Bonchev–Trinajstić information content (AvgIpc) is 3.28. The predicted molar refractivity (Wildman–Crippen MR) is 136 cm³/mol. The molecule has 0 radical (unpaired) electrons. The monoisotopic (exact) mass is 549 g/mol. The molecule has 0 saturated carbocycles. The van der Waals surface area contributed by atoms with E-state index in [-0.39, 0.29) is 28.7 Å². The van der Waals surface area contributed by atoms with Crippen LogP contribution in [0.2, 0.25) is 0 Å². The predicted octanol–water partition coefficient (Wildman–Crippen LogP) is 4.52. The number of hydrogen-bond acceptors (Lipinski definition) is 7. The first-order chi connectivity index (χ1) is 18.2. The van der Waals surface area contributed by atoms with Gasteiger partial charge in [-0.25, -0.2) is 24.0 Å². The first-order valence-electron chi connectivity index (χ1n) is 12.4. The zero-order chi connectivity index (χ0) is 28.7. The van der Waals surface area contributed by atoms with Crippen LogP contribution < -0.4 is 10.1 Å². The van der Waals surface area contributed by atoms with Crippen molar-refractivity contribution in [3.63, 3.8) is 0 Å². The summed E-state index contributed by atoms with van der Waals surface area (Å²) in [6, 6.07) is 3.22. The molecule has 210 valence electrons. The summed E-state index contributed by atoms with van der Waals surface area (Å²) in [5.41, 5.74) is 1.64. The van der Waals surface area contributed by atoms with Crippen LogP contribution in [0.4, 0.5) is 23.4 Å². The van der Waals surface area contributed by atoms with E-state index in [4.69, 9.17) is 4.74 Å². The number of carbonyl (C=O) groups is 1. The number of alkyl halides is 3. The molecule has 4 heterocycles. The van der Waals surface area contributed by atoms with Crippen molar-refractivity contribution < 1.29 is 27.1 Å². The average molecular weight is 550 g/mol. The maximum atomic E-state index is 14.3. The van der Waals surface area contributed by atoms with Gasteiger partial charge in [-0.15, -0.1) is 0 Å². The summed E-state index contributed by atoms with van der Waals surface area (Å²) in [7, 11) is 4.31. The molecule has 0 aromatic carbocycles. The van der Waals surface area contributed by atoms with E-state index in [1.54, 1.807) is 31.9 Å². The highest BCUT2D eigenvalue weighted by Crippen LogP contribution is 2.36. The van der Waals surface area contributed by atoms with Gasteiger partial charge in [0.05, 0.1) is 24.9 Å². The summed E-state index contributed by atoms with van der Waals surface area (Å²) in [5, 5.41) is 7.41. The van der Waals surface area contributed by atoms with Crippen molar-refractivity contribution in [2.24, 2.45) is 7.05 Å². The number of halogens is 4. The van der Waals surface area contributed by atoms with Crippen molar-refractivity contribution in [3.05, 3.63) is 46.8 Å². The van der Waals surface area contributed by atoms with E-state index in [0.29, 0.717) is 42.9 Å². The van der Waals surface area contributed by atoms with Gasteiger partial charge in [0.25, 0.3) is 0 Å². The van der Waals surface area contributed by atoms with E-state index >= 15 is 0 Å². The smallest absolute Gasteiger partial charge is 0.451 e. The molecular formula is C26H31F4N7O2. The maximum absolute atomic E-state index is 14.3. The molecule has 1 aliphatic rings. The number of ether oxygens (including phenoxy) is 1. The molecule has 3 aromatic heterocycles. The molecule has 0 aliphatic carbocycles. The van der Waals surface area contributed by atoms with Gasteiger partial charge in [0, 0.05) is 43.4 Å². The first-order valence-corrected chi connectivity index (χ1v) is 12.4. The van der Waals surface area contributed by atoms with Crippen LogP contribution in [0.15, 0.2) is 18.3 Å². The Morgan fingerprint density at radius 3 is 2.67 bits per heavy atom. The summed E-state index contributed by atoms with van der Waals surface area (Å²) in [6.07, 6.45) is -1.62. The quantitative estimate of drug-likeness (QED) is 0.433. The fourth-order valence-corrected chi connectivity index (χ4v) is 4.73. The Bertz CT molecular complexity index is 1390. The Morgan fingerprint density at radius 1 is 1.31 bits per heavy atom. The van der Waals surface area contributed by atoms with Crippen LogP contribution in [0.25, 0.3) is 11.4 Å². The number of methoxy groups -OCH3 is 1. The highest BCUT2D eigenvalue weighted by molar-refractivity contribution is 5.83. The van der Waals surface area contributed by atoms with E-state index in [1.807, 2.05) is 6.92 Å². The van der Waals surface area contributed by atoms with Crippen molar-refractivity contribution >= 4 is 11.7 Å². The number of pyridine rings is 2. The lowest BCUT2D eigenvalue weighted by atomic mass is 9.85. The number of carbonyl (C=O) groups excluding carboxylic acids is 1. The van der Waals surface area contributed by atoms with Gasteiger partial charge in [-0.3, -0.25) is 4.79 Å².